The summed E-state index contributed by atoms with van der Waals surface area (Å²) in [4.78, 5) is 3.46. The first kappa shape index (κ1) is 22.3. The van der Waals surface area contributed by atoms with Gasteiger partial charge in [-0.1, -0.05) is 50.2 Å². The van der Waals surface area contributed by atoms with E-state index in [9.17, 15) is 8.78 Å². The van der Waals surface area contributed by atoms with Gasteiger partial charge in [-0.05, 0) is 85.6 Å². The van der Waals surface area contributed by atoms with Crippen LogP contribution in [0.2, 0.25) is 0 Å². The summed E-state index contributed by atoms with van der Waals surface area (Å²) in [5.74, 6) is 6.64. The molecule has 1 aliphatic rings. The molecule has 4 heteroatoms. The third kappa shape index (κ3) is 5.63. The molecule has 2 aromatic carbocycles. The quantitative estimate of drug-likeness (QED) is 0.269. The molecule has 2 aromatic rings. The second-order valence-corrected chi connectivity index (χ2v) is 8.33. The van der Waals surface area contributed by atoms with Crippen LogP contribution < -0.4 is 0 Å². The highest BCUT2D eigenvalue weighted by atomic mass is 32.1. The van der Waals surface area contributed by atoms with Gasteiger partial charge in [-0.3, -0.25) is 0 Å². The molecule has 0 saturated heterocycles. The molecule has 0 amide bonds. The van der Waals surface area contributed by atoms with Crippen LogP contribution in [-0.2, 0) is 0 Å². The van der Waals surface area contributed by atoms with E-state index in [1.807, 2.05) is 30.3 Å². The highest BCUT2D eigenvalue weighted by Gasteiger charge is 2.19. The van der Waals surface area contributed by atoms with Gasteiger partial charge in [-0.2, -0.15) is 4.99 Å². The van der Waals surface area contributed by atoms with Crippen molar-refractivity contribution >= 4 is 23.1 Å². The number of hydrogen-bond donors (Lipinski definition) is 0. The predicted octanol–water partition coefficient (Wildman–Crippen LogP) is 8.02. The molecule has 156 valence electrons. The molecule has 1 saturated carbocycles. The Kier molecular flexibility index (Phi) is 7.91. The van der Waals surface area contributed by atoms with Gasteiger partial charge in [0.1, 0.15) is 5.69 Å². The highest BCUT2D eigenvalue weighted by Crippen LogP contribution is 2.32. The number of unbranched alkanes of at least 4 members (excludes halogenated alkanes) is 1. The van der Waals surface area contributed by atoms with E-state index < -0.39 is 17.3 Å². The van der Waals surface area contributed by atoms with Gasteiger partial charge in [0.2, 0.25) is 0 Å². The maximum absolute atomic E-state index is 14.1. The Morgan fingerprint density at radius 2 is 1.73 bits per heavy atom. The van der Waals surface area contributed by atoms with Crippen molar-refractivity contribution in [3.8, 4) is 23.0 Å². The van der Waals surface area contributed by atoms with E-state index in [4.69, 9.17) is 0 Å². The largest absolute Gasteiger partial charge is 0.204 e. The second-order valence-electron chi connectivity index (χ2n) is 8.15. The van der Waals surface area contributed by atoms with Crippen LogP contribution in [-0.4, -0.2) is 5.16 Å². The van der Waals surface area contributed by atoms with Crippen molar-refractivity contribution in [3.63, 3.8) is 0 Å². The lowest BCUT2D eigenvalue weighted by molar-refractivity contribution is 0.296. The summed E-state index contributed by atoms with van der Waals surface area (Å²) in [5, 5.41) is 2.01. The van der Waals surface area contributed by atoms with Crippen LogP contribution >= 0.6 is 12.2 Å². The van der Waals surface area contributed by atoms with Gasteiger partial charge in [0, 0.05) is 11.5 Å². The van der Waals surface area contributed by atoms with Gasteiger partial charge in [0.15, 0.2) is 11.6 Å². The van der Waals surface area contributed by atoms with Crippen LogP contribution in [0.15, 0.2) is 35.3 Å². The normalized spacial score (nSPS) is 18.3. The number of nitrogens with zero attached hydrogens (tertiary/aromatic N) is 1. The third-order valence-corrected chi connectivity index (χ3v) is 6.05. The molecule has 0 radical (unpaired) electrons. The molecule has 0 heterocycles. The Bertz CT molecular complexity index is 980. The molecule has 1 aliphatic carbocycles. The SMILES string of the molecule is CCCCC1CCC(C#Cc2ccc(-c3cc(F)c(N=C=S)c(F)c3)cc2C)CC1. The fourth-order valence-corrected chi connectivity index (χ4v) is 4.23. The number of aliphatic imine (C=N–C) groups is 1. The predicted molar refractivity (Wildman–Crippen MR) is 123 cm³/mol. The molecule has 0 aliphatic heterocycles. The van der Waals surface area contributed by atoms with Crippen molar-refractivity contribution in [2.45, 2.75) is 58.8 Å². The average Bonchev–Trinajstić information content (AvgIpc) is 2.74. The van der Waals surface area contributed by atoms with Crippen molar-refractivity contribution in [2.75, 3.05) is 0 Å². The summed E-state index contributed by atoms with van der Waals surface area (Å²) in [6, 6.07) is 8.25. The summed E-state index contributed by atoms with van der Waals surface area (Å²) in [7, 11) is 0. The third-order valence-electron chi connectivity index (χ3n) is 5.96. The Labute approximate surface area is 183 Å². The number of hydrogen-bond acceptors (Lipinski definition) is 2. The first-order valence-electron chi connectivity index (χ1n) is 10.7. The van der Waals surface area contributed by atoms with Crippen molar-refractivity contribution in [2.24, 2.45) is 16.8 Å². The number of isothiocyanates is 1. The van der Waals surface area contributed by atoms with Crippen molar-refractivity contribution in [3.05, 3.63) is 53.1 Å². The lowest BCUT2D eigenvalue weighted by Gasteiger charge is -2.25. The minimum Gasteiger partial charge on any atom is -0.204 e. The fraction of sp³-hybridized carbons (Fsp3) is 0.423. The van der Waals surface area contributed by atoms with Crippen LogP contribution in [0.25, 0.3) is 11.1 Å². The fourth-order valence-electron chi connectivity index (χ4n) is 4.14. The number of thiocarbonyl (C=S) groups is 1. The summed E-state index contributed by atoms with van der Waals surface area (Å²) in [6.07, 6.45) is 8.93. The van der Waals surface area contributed by atoms with Crippen molar-refractivity contribution in [1.82, 2.24) is 0 Å². The first-order valence-corrected chi connectivity index (χ1v) is 11.1. The molecule has 0 spiro atoms. The Balaban J connectivity index is 1.72. The molecular formula is C26H27F2NS. The molecule has 1 nitrogen and oxygen atoms in total. The molecule has 0 aromatic heterocycles. The lowest BCUT2D eigenvalue weighted by Crippen LogP contribution is -2.13. The van der Waals surface area contributed by atoms with Crippen LogP contribution in [0.3, 0.4) is 0 Å². The van der Waals surface area contributed by atoms with E-state index in [-0.39, 0.29) is 0 Å². The summed E-state index contributed by atoms with van der Waals surface area (Å²) < 4.78 is 28.3. The Hall–Kier alpha value is -2.34. The topological polar surface area (TPSA) is 12.4 Å². The highest BCUT2D eigenvalue weighted by molar-refractivity contribution is 7.78. The zero-order valence-corrected chi connectivity index (χ0v) is 18.4. The standard InChI is InChI=1S/C26H27F2NS/c1-3-4-5-19-6-8-20(9-7-19)10-11-21-12-13-22(14-18(21)2)23-15-24(27)26(29-17-30)25(28)16-23/h12-16,19-20H,3-9H2,1-2H3. The zero-order valence-electron chi connectivity index (χ0n) is 17.6. The van der Waals surface area contributed by atoms with Gasteiger partial charge >= 0.3 is 0 Å². The van der Waals surface area contributed by atoms with E-state index in [2.05, 4.69) is 36.0 Å². The first-order chi connectivity index (χ1) is 14.5. The second kappa shape index (κ2) is 10.6. The van der Waals surface area contributed by atoms with E-state index in [0.29, 0.717) is 11.5 Å². The molecular weight excluding hydrogens is 396 g/mol. The zero-order chi connectivity index (χ0) is 21.5. The smallest absolute Gasteiger partial charge is 0.153 e. The van der Waals surface area contributed by atoms with Crippen molar-refractivity contribution < 1.29 is 8.78 Å². The van der Waals surface area contributed by atoms with E-state index in [0.717, 1.165) is 22.6 Å². The van der Waals surface area contributed by atoms with E-state index in [1.54, 1.807) is 0 Å². The van der Waals surface area contributed by atoms with Crippen LogP contribution in [0.5, 0.6) is 0 Å². The van der Waals surface area contributed by atoms with Crippen LogP contribution in [0.1, 0.15) is 63.0 Å². The minimum atomic E-state index is -0.751. The van der Waals surface area contributed by atoms with Crippen molar-refractivity contribution in [1.29, 1.82) is 0 Å². The number of aryl methyl sites for hydroxylation is 1. The minimum absolute atomic E-state index is 0.405. The van der Waals surface area contributed by atoms with Crippen LogP contribution in [0.4, 0.5) is 14.5 Å². The molecule has 0 unspecified atom stereocenters. The molecule has 0 bridgehead atoms. The Morgan fingerprint density at radius 3 is 2.33 bits per heavy atom. The Morgan fingerprint density at radius 1 is 1.03 bits per heavy atom. The maximum atomic E-state index is 14.1. The molecule has 3 rings (SSSR count). The van der Waals surface area contributed by atoms with Gasteiger partial charge in [0.05, 0.1) is 5.16 Å². The van der Waals surface area contributed by atoms with Gasteiger partial charge in [0.25, 0.3) is 0 Å². The lowest BCUT2D eigenvalue weighted by atomic mass is 9.80. The average molecular weight is 424 g/mol. The molecule has 0 atom stereocenters. The molecule has 0 N–H and O–H groups in total. The number of rotatable bonds is 5. The van der Waals surface area contributed by atoms with E-state index >= 15 is 0 Å². The van der Waals surface area contributed by atoms with Crippen LogP contribution in [0, 0.1) is 42.2 Å². The van der Waals surface area contributed by atoms with Gasteiger partial charge in [-0.25, -0.2) is 8.78 Å². The number of halogens is 2. The van der Waals surface area contributed by atoms with Gasteiger partial charge < -0.3 is 0 Å². The summed E-state index contributed by atoms with van der Waals surface area (Å²) >= 11 is 4.44. The monoisotopic (exact) mass is 423 g/mol. The molecule has 1 fully saturated rings. The number of benzene rings is 2. The van der Waals surface area contributed by atoms with E-state index in [1.165, 1.54) is 57.1 Å². The molecule has 30 heavy (non-hydrogen) atoms. The maximum Gasteiger partial charge on any atom is 0.153 e. The summed E-state index contributed by atoms with van der Waals surface area (Å²) in [5.41, 5.74) is 2.76. The van der Waals surface area contributed by atoms with Gasteiger partial charge in [-0.15, -0.1) is 0 Å². The summed E-state index contributed by atoms with van der Waals surface area (Å²) in [6.45, 7) is 4.23.